The zero-order valence-corrected chi connectivity index (χ0v) is 11.2. The van der Waals surface area contributed by atoms with Gasteiger partial charge in [0.1, 0.15) is 5.82 Å². The number of imidazole rings is 1. The molecule has 0 atom stereocenters. The van der Waals surface area contributed by atoms with Crippen molar-refractivity contribution in [1.82, 2.24) is 14.9 Å². The molecule has 1 N–H and O–H groups in total. The molecule has 0 aliphatic heterocycles. The summed E-state index contributed by atoms with van der Waals surface area (Å²) in [6.07, 6.45) is 4.97. The Kier molecular flexibility index (Phi) is 4.53. The third kappa shape index (κ3) is 3.44. The maximum absolute atomic E-state index is 4.23. The number of hydrogen-bond acceptors (Lipinski definition) is 2. The molecule has 3 nitrogen and oxygen atoms in total. The van der Waals surface area contributed by atoms with Gasteiger partial charge in [0.15, 0.2) is 0 Å². The zero-order valence-electron chi connectivity index (χ0n) is 11.2. The highest BCUT2D eigenvalue weighted by atomic mass is 15.0. The predicted octanol–water partition coefficient (Wildman–Crippen LogP) is 2.39. The predicted molar refractivity (Wildman–Crippen MR) is 74.8 cm³/mol. The third-order valence-electron chi connectivity index (χ3n) is 3.14. The lowest BCUT2D eigenvalue weighted by atomic mass is 10.1. The van der Waals surface area contributed by atoms with Crippen LogP contribution in [0, 0.1) is 6.92 Å². The fourth-order valence-electron chi connectivity index (χ4n) is 1.99. The molecule has 1 aromatic carbocycles. The molecule has 0 aliphatic rings. The fourth-order valence-corrected chi connectivity index (χ4v) is 1.99. The van der Waals surface area contributed by atoms with Crippen LogP contribution in [0.15, 0.2) is 36.7 Å². The van der Waals surface area contributed by atoms with Crippen LogP contribution < -0.4 is 5.32 Å². The summed E-state index contributed by atoms with van der Waals surface area (Å²) in [6.45, 7) is 7.16. The molecule has 0 amide bonds. The molecule has 1 aromatic heterocycles. The molecule has 3 heteroatoms. The largest absolute Gasteiger partial charge is 0.331 e. The summed E-state index contributed by atoms with van der Waals surface area (Å²) in [5.41, 5.74) is 2.71. The van der Waals surface area contributed by atoms with E-state index in [0.717, 1.165) is 31.9 Å². The smallest absolute Gasteiger partial charge is 0.105 e. The molecule has 0 bridgehead atoms. The van der Waals surface area contributed by atoms with E-state index in [1.54, 1.807) is 0 Å². The van der Waals surface area contributed by atoms with Crippen LogP contribution in [0.1, 0.15) is 23.9 Å². The lowest BCUT2D eigenvalue weighted by molar-refractivity contribution is 0.715. The molecule has 0 unspecified atom stereocenters. The number of nitrogens with zero attached hydrogens (tertiary/aromatic N) is 2. The minimum atomic E-state index is 0.902. The van der Waals surface area contributed by atoms with E-state index in [0.29, 0.717) is 0 Å². The van der Waals surface area contributed by atoms with E-state index in [2.05, 4.69) is 46.1 Å². The second-order valence-electron chi connectivity index (χ2n) is 4.52. The minimum Gasteiger partial charge on any atom is -0.331 e. The molecule has 18 heavy (non-hydrogen) atoms. The quantitative estimate of drug-likeness (QED) is 0.790. The van der Waals surface area contributed by atoms with Gasteiger partial charge in [0.2, 0.25) is 0 Å². The Morgan fingerprint density at radius 1 is 1.17 bits per heavy atom. The summed E-state index contributed by atoms with van der Waals surface area (Å²) in [7, 11) is 0. The summed E-state index contributed by atoms with van der Waals surface area (Å²) < 4.78 is 2.16. The Morgan fingerprint density at radius 2 is 1.89 bits per heavy atom. The maximum Gasteiger partial charge on any atom is 0.105 e. The number of rotatable bonds is 6. The number of aromatic nitrogens is 2. The van der Waals surface area contributed by atoms with Gasteiger partial charge in [-0.05, 0) is 37.6 Å². The topological polar surface area (TPSA) is 29.9 Å². The van der Waals surface area contributed by atoms with Crippen LogP contribution in [0.2, 0.25) is 0 Å². The van der Waals surface area contributed by atoms with Crippen molar-refractivity contribution < 1.29 is 0 Å². The van der Waals surface area contributed by atoms with E-state index in [4.69, 9.17) is 0 Å². The summed E-state index contributed by atoms with van der Waals surface area (Å²) >= 11 is 0. The van der Waals surface area contributed by atoms with Crippen LogP contribution in [0.3, 0.4) is 0 Å². The summed E-state index contributed by atoms with van der Waals surface area (Å²) in [5, 5.41) is 3.34. The van der Waals surface area contributed by atoms with E-state index >= 15 is 0 Å². The molecular weight excluding hydrogens is 222 g/mol. The molecule has 96 valence electrons. The van der Waals surface area contributed by atoms with Crippen LogP contribution in [-0.2, 0) is 13.0 Å². The lowest BCUT2D eigenvalue weighted by Crippen LogP contribution is -2.16. The van der Waals surface area contributed by atoms with E-state index in [1.807, 2.05) is 19.3 Å². The molecule has 0 aliphatic carbocycles. The van der Waals surface area contributed by atoms with E-state index in [1.165, 1.54) is 11.1 Å². The van der Waals surface area contributed by atoms with Crippen molar-refractivity contribution in [1.29, 1.82) is 0 Å². The normalized spacial score (nSPS) is 10.8. The van der Waals surface area contributed by atoms with Gasteiger partial charge in [-0.25, -0.2) is 4.98 Å². The van der Waals surface area contributed by atoms with Gasteiger partial charge in [-0.15, -0.1) is 0 Å². The van der Waals surface area contributed by atoms with Gasteiger partial charge < -0.3 is 9.88 Å². The molecular formula is C15H21N3. The first-order valence-corrected chi connectivity index (χ1v) is 6.56. The standard InChI is InChI=1S/C15H21N3/c1-3-16-9-8-14-4-6-15(7-5-14)12-18-11-10-17-13(18)2/h4-7,10-11,16H,3,8-9,12H2,1-2H3. The van der Waals surface area contributed by atoms with Crippen molar-refractivity contribution in [2.75, 3.05) is 13.1 Å². The first kappa shape index (κ1) is 12.8. The van der Waals surface area contributed by atoms with Gasteiger partial charge in [-0.2, -0.15) is 0 Å². The minimum absolute atomic E-state index is 0.902. The monoisotopic (exact) mass is 243 g/mol. The van der Waals surface area contributed by atoms with E-state index in [-0.39, 0.29) is 0 Å². The molecule has 1 heterocycles. The average Bonchev–Trinajstić information content (AvgIpc) is 2.78. The summed E-state index contributed by atoms with van der Waals surface area (Å²) in [6, 6.07) is 8.86. The van der Waals surface area contributed by atoms with Crippen LogP contribution in [0.4, 0.5) is 0 Å². The van der Waals surface area contributed by atoms with Gasteiger partial charge in [0, 0.05) is 18.9 Å². The van der Waals surface area contributed by atoms with E-state index in [9.17, 15) is 0 Å². The van der Waals surface area contributed by atoms with Crippen LogP contribution in [0.5, 0.6) is 0 Å². The second kappa shape index (κ2) is 6.36. The van der Waals surface area contributed by atoms with Crippen molar-refractivity contribution in [3.63, 3.8) is 0 Å². The highest BCUT2D eigenvalue weighted by molar-refractivity contribution is 5.23. The average molecular weight is 243 g/mol. The molecule has 0 fully saturated rings. The van der Waals surface area contributed by atoms with Crippen molar-refractivity contribution >= 4 is 0 Å². The van der Waals surface area contributed by atoms with Gasteiger partial charge in [0.25, 0.3) is 0 Å². The first-order chi connectivity index (χ1) is 8.79. The molecule has 0 spiro atoms. The Bertz CT molecular complexity index is 471. The van der Waals surface area contributed by atoms with Crippen LogP contribution in [-0.4, -0.2) is 22.6 Å². The van der Waals surface area contributed by atoms with Crippen molar-refractivity contribution in [2.24, 2.45) is 0 Å². The molecule has 2 rings (SSSR count). The van der Waals surface area contributed by atoms with Crippen LogP contribution >= 0.6 is 0 Å². The Hall–Kier alpha value is -1.61. The lowest BCUT2D eigenvalue weighted by Gasteiger charge is -2.07. The third-order valence-corrected chi connectivity index (χ3v) is 3.14. The number of benzene rings is 1. The highest BCUT2D eigenvalue weighted by Gasteiger charge is 1.99. The van der Waals surface area contributed by atoms with Gasteiger partial charge in [-0.1, -0.05) is 31.2 Å². The van der Waals surface area contributed by atoms with Crippen molar-refractivity contribution in [3.05, 3.63) is 53.6 Å². The van der Waals surface area contributed by atoms with Crippen molar-refractivity contribution in [3.8, 4) is 0 Å². The molecule has 0 radical (unpaired) electrons. The van der Waals surface area contributed by atoms with Gasteiger partial charge >= 0.3 is 0 Å². The Morgan fingerprint density at radius 3 is 2.50 bits per heavy atom. The van der Waals surface area contributed by atoms with Gasteiger partial charge in [0.05, 0.1) is 0 Å². The molecule has 0 saturated heterocycles. The summed E-state index contributed by atoms with van der Waals surface area (Å²) in [4.78, 5) is 4.23. The SMILES string of the molecule is CCNCCc1ccc(Cn2ccnc2C)cc1. The Labute approximate surface area is 109 Å². The van der Waals surface area contributed by atoms with Crippen LogP contribution in [0.25, 0.3) is 0 Å². The van der Waals surface area contributed by atoms with Gasteiger partial charge in [-0.3, -0.25) is 0 Å². The molecule has 2 aromatic rings. The molecule has 0 saturated carbocycles. The highest BCUT2D eigenvalue weighted by Crippen LogP contribution is 2.08. The van der Waals surface area contributed by atoms with Crippen molar-refractivity contribution in [2.45, 2.75) is 26.8 Å². The first-order valence-electron chi connectivity index (χ1n) is 6.56. The number of nitrogens with one attached hydrogen (secondary N) is 1. The summed E-state index contributed by atoms with van der Waals surface area (Å²) in [5.74, 6) is 1.06. The maximum atomic E-state index is 4.23. The number of aryl methyl sites for hydroxylation is 1. The fraction of sp³-hybridized carbons (Fsp3) is 0.400. The zero-order chi connectivity index (χ0) is 12.8. The Balaban J connectivity index is 1.93. The number of hydrogen-bond donors (Lipinski definition) is 1. The van der Waals surface area contributed by atoms with E-state index < -0.39 is 0 Å². The number of likely N-dealkylation sites (N-methyl/N-ethyl adjacent to an activating group) is 1. The second-order valence-corrected chi connectivity index (χ2v) is 4.52.